The lowest BCUT2D eigenvalue weighted by molar-refractivity contribution is -0.122. The number of benzene rings is 2. The average molecular weight is 322 g/mol. The SMILES string of the molecule is CC(=O)c1cccc(NC(=O)[C@H]2Cc3ccccc3N2C(C)=O)c1. The van der Waals surface area contributed by atoms with E-state index in [1.54, 1.807) is 24.3 Å². The van der Waals surface area contributed by atoms with Crippen LogP contribution in [0.15, 0.2) is 48.5 Å². The molecule has 0 spiro atoms. The quantitative estimate of drug-likeness (QED) is 0.884. The number of rotatable bonds is 3. The smallest absolute Gasteiger partial charge is 0.247 e. The van der Waals surface area contributed by atoms with Crippen molar-refractivity contribution in [3.05, 3.63) is 59.7 Å². The van der Waals surface area contributed by atoms with Crippen molar-refractivity contribution >= 4 is 29.0 Å². The van der Waals surface area contributed by atoms with Crippen molar-refractivity contribution in [2.45, 2.75) is 26.3 Å². The summed E-state index contributed by atoms with van der Waals surface area (Å²) in [6.45, 7) is 2.94. The summed E-state index contributed by atoms with van der Waals surface area (Å²) in [5.74, 6) is -0.496. The van der Waals surface area contributed by atoms with Crippen molar-refractivity contribution < 1.29 is 14.4 Å². The molecule has 2 amide bonds. The standard InChI is InChI=1S/C19H18N2O3/c1-12(22)14-7-5-8-16(10-14)20-19(24)18-11-15-6-3-4-9-17(15)21(18)13(2)23/h3-10,18H,11H2,1-2H3,(H,20,24)/t18-/m1/s1. The van der Waals surface area contributed by atoms with E-state index in [0.717, 1.165) is 11.3 Å². The van der Waals surface area contributed by atoms with Gasteiger partial charge in [-0.1, -0.05) is 30.3 Å². The van der Waals surface area contributed by atoms with E-state index >= 15 is 0 Å². The molecular weight excluding hydrogens is 304 g/mol. The molecule has 0 aliphatic carbocycles. The number of anilines is 2. The average Bonchev–Trinajstić information content (AvgIpc) is 2.95. The third-order valence-corrected chi connectivity index (χ3v) is 4.15. The van der Waals surface area contributed by atoms with E-state index < -0.39 is 6.04 Å². The van der Waals surface area contributed by atoms with Crippen LogP contribution in [0.4, 0.5) is 11.4 Å². The third-order valence-electron chi connectivity index (χ3n) is 4.15. The van der Waals surface area contributed by atoms with E-state index in [4.69, 9.17) is 0 Å². The molecule has 0 radical (unpaired) electrons. The first kappa shape index (κ1) is 15.9. The van der Waals surface area contributed by atoms with Crippen molar-refractivity contribution in [3.8, 4) is 0 Å². The second kappa shape index (κ2) is 6.28. The Bertz CT molecular complexity index is 829. The molecule has 1 heterocycles. The van der Waals surface area contributed by atoms with Gasteiger partial charge in [0.25, 0.3) is 0 Å². The Morgan fingerprint density at radius 2 is 1.79 bits per heavy atom. The van der Waals surface area contributed by atoms with Gasteiger partial charge in [-0.3, -0.25) is 19.3 Å². The number of hydrogen-bond donors (Lipinski definition) is 1. The summed E-state index contributed by atoms with van der Waals surface area (Å²) in [5.41, 5.74) is 2.84. The summed E-state index contributed by atoms with van der Waals surface area (Å²) >= 11 is 0. The van der Waals surface area contributed by atoms with Crippen molar-refractivity contribution in [1.29, 1.82) is 0 Å². The highest BCUT2D eigenvalue weighted by Gasteiger charge is 2.36. The van der Waals surface area contributed by atoms with Crippen LogP contribution < -0.4 is 10.2 Å². The van der Waals surface area contributed by atoms with E-state index in [0.29, 0.717) is 17.7 Å². The molecule has 0 fully saturated rings. The first-order valence-electron chi connectivity index (χ1n) is 7.77. The van der Waals surface area contributed by atoms with E-state index in [1.165, 1.54) is 18.7 Å². The number of fused-ring (bicyclic) bond motifs is 1. The third kappa shape index (κ3) is 2.93. The fourth-order valence-corrected chi connectivity index (χ4v) is 3.03. The Balaban J connectivity index is 1.84. The van der Waals surface area contributed by atoms with Crippen LogP contribution in [0.2, 0.25) is 0 Å². The largest absolute Gasteiger partial charge is 0.324 e. The van der Waals surface area contributed by atoms with Gasteiger partial charge in [0.15, 0.2) is 5.78 Å². The van der Waals surface area contributed by atoms with E-state index in [-0.39, 0.29) is 17.6 Å². The number of Topliss-reactive ketones (excluding diaryl/α,β-unsaturated/α-hetero) is 1. The minimum absolute atomic E-state index is 0.0651. The van der Waals surface area contributed by atoms with Gasteiger partial charge in [0, 0.05) is 30.3 Å². The van der Waals surface area contributed by atoms with Crippen LogP contribution in [0.1, 0.15) is 29.8 Å². The van der Waals surface area contributed by atoms with Gasteiger partial charge in [-0.25, -0.2) is 0 Å². The summed E-state index contributed by atoms with van der Waals surface area (Å²) in [4.78, 5) is 37.7. The lowest BCUT2D eigenvalue weighted by atomic mass is 10.1. The minimum atomic E-state index is -0.583. The van der Waals surface area contributed by atoms with Crippen molar-refractivity contribution in [1.82, 2.24) is 0 Å². The lowest BCUT2D eigenvalue weighted by Gasteiger charge is -2.23. The fourth-order valence-electron chi connectivity index (χ4n) is 3.03. The number of para-hydroxylation sites is 1. The highest BCUT2D eigenvalue weighted by Crippen LogP contribution is 2.32. The number of amides is 2. The Hall–Kier alpha value is -2.95. The van der Waals surface area contributed by atoms with Gasteiger partial charge in [-0.05, 0) is 30.7 Å². The molecule has 24 heavy (non-hydrogen) atoms. The maximum Gasteiger partial charge on any atom is 0.247 e. The summed E-state index contributed by atoms with van der Waals surface area (Å²) in [6.07, 6.45) is 0.480. The lowest BCUT2D eigenvalue weighted by Crippen LogP contribution is -2.44. The molecule has 0 unspecified atom stereocenters. The Labute approximate surface area is 140 Å². The van der Waals surface area contributed by atoms with Crippen LogP contribution in [0.25, 0.3) is 0 Å². The van der Waals surface area contributed by atoms with Gasteiger partial charge < -0.3 is 5.32 Å². The maximum absolute atomic E-state index is 12.7. The van der Waals surface area contributed by atoms with Crippen LogP contribution in [-0.2, 0) is 16.0 Å². The normalized spacial score (nSPS) is 15.8. The predicted molar refractivity (Wildman–Crippen MR) is 92.2 cm³/mol. The van der Waals surface area contributed by atoms with Crippen LogP contribution in [0.3, 0.4) is 0 Å². The first-order valence-corrected chi connectivity index (χ1v) is 7.77. The van der Waals surface area contributed by atoms with Crippen LogP contribution in [0, 0.1) is 0 Å². The first-order chi connectivity index (χ1) is 11.5. The van der Waals surface area contributed by atoms with Gasteiger partial charge in [0.2, 0.25) is 11.8 Å². The number of nitrogens with zero attached hydrogens (tertiary/aromatic N) is 1. The van der Waals surface area contributed by atoms with Crippen molar-refractivity contribution in [3.63, 3.8) is 0 Å². The number of nitrogens with one attached hydrogen (secondary N) is 1. The Kier molecular flexibility index (Phi) is 4.16. The molecule has 5 nitrogen and oxygen atoms in total. The molecule has 2 aromatic carbocycles. The summed E-state index contributed by atoms with van der Waals surface area (Å²) < 4.78 is 0. The predicted octanol–water partition coefficient (Wildman–Crippen LogP) is 2.81. The highest BCUT2D eigenvalue weighted by molar-refractivity contribution is 6.07. The van der Waals surface area contributed by atoms with Crippen LogP contribution in [0.5, 0.6) is 0 Å². The van der Waals surface area contributed by atoms with Gasteiger partial charge >= 0.3 is 0 Å². The Morgan fingerprint density at radius 3 is 2.50 bits per heavy atom. The molecule has 0 aromatic heterocycles. The zero-order chi connectivity index (χ0) is 17.3. The minimum Gasteiger partial charge on any atom is -0.324 e. The van der Waals surface area contributed by atoms with Crippen molar-refractivity contribution in [2.75, 3.05) is 10.2 Å². The molecular formula is C19H18N2O3. The van der Waals surface area contributed by atoms with Gasteiger partial charge in [-0.15, -0.1) is 0 Å². The zero-order valence-electron chi connectivity index (χ0n) is 13.6. The molecule has 122 valence electrons. The molecule has 5 heteroatoms. The molecule has 1 N–H and O–H groups in total. The molecule has 0 saturated carbocycles. The second-order valence-electron chi connectivity index (χ2n) is 5.86. The number of ketones is 1. The monoisotopic (exact) mass is 322 g/mol. The van der Waals surface area contributed by atoms with Gasteiger partial charge in [0.1, 0.15) is 6.04 Å². The zero-order valence-corrected chi connectivity index (χ0v) is 13.6. The second-order valence-corrected chi connectivity index (χ2v) is 5.86. The molecule has 3 rings (SSSR count). The Morgan fingerprint density at radius 1 is 1.04 bits per heavy atom. The van der Waals surface area contributed by atoms with Gasteiger partial charge in [-0.2, -0.15) is 0 Å². The molecule has 0 saturated heterocycles. The summed E-state index contributed by atoms with van der Waals surface area (Å²) in [5, 5.41) is 2.81. The van der Waals surface area contributed by atoms with Crippen LogP contribution >= 0.6 is 0 Å². The fraction of sp³-hybridized carbons (Fsp3) is 0.211. The van der Waals surface area contributed by atoms with E-state index in [2.05, 4.69) is 5.32 Å². The van der Waals surface area contributed by atoms with Crippen molar-refractivity contribution in [2.24, 2.45) is 0 Å². The van der Waals surface area contributed by atoms with Crippen LogP contribution in [-0.4, -0.2) is 23.6 Å². The molecule has 0 bridgehead atoms. The van der Waals surface area contributed by atoms with E-state index in [9.17, 15) is 14.4 Å². The molecule has 2 aromatic rings. The number of carbonyl (C=O) groups excluding carboxylic acids is 3. The van der Waals surface area contributed by atoms with E-state index in [1.807, 2.05) is 24.3 Å². The maximum atomic E-state index is 12.7. The number of hydrogen-bond acceptors (Lipinski definition) is 3. The number of carbonyl (C=O) groups is 3. The molecule has 1 atom stereocenters. The molecule has 1 aliphatic rings. The summed E-state index contributed by atoms with van der Waals surface area (Å²) in [6, 6.07) is 13.7. The highest BCUT2D eigenvalue weighted by atomic mass is 16.2. The topological polar surface area (TPSA) is 66.5 Å². The van der Waals surface area contributed by atoms with Gasteiger partial charge in [0.05, 0.1) is 0 Å². The molecule has 1 aliphatic heterocycles. The summed E-state index contributed by atoms with van der Waals surface area (Å²) in [7, 11) is 0.